The van der Waals surface area contributed by atoms with Crippen molar-refractivity contribution in [1.82, 2.24) is 0 Å². The molecule has 15 aromatic rings. The second-order valence-electron chi connectivity index (χ2n) is 25.5. The molecule has 0 N–H and O–H groups in total. The average molecular weight is 1200 g/mol. The zero-order valence-electron chi connectivity index (χ0n) is 52.1. The molecule has 4 nitrogen and oxygen atoms in total. The second kappa shape index (κ2) is 20.8. The van der Waals surface area contributed by atoms with Gasteiger partial charge in [-0.05, 0) is 195 Å². The van der Waals surface area contributed by atoms with Crippen molar-refractivity contribution in [3.8, 4) is 44.5 Å². The largest absolute Gasteiger partial charge is 0.341 e. The van der Waals surface area contributed by atoms with Crippen LogP contribution in [-0.4, -0.2) is 14.1 Å². The molecule has 0 saturated carbocycles. The number of para-hydroxylation sites is 8. The zero-order valence-corrected chi connectivity index (χ0v) is 52.1. The summed E-state index contributed by atoms with van der Waals surface area (Å²) in [5.41, 5.74) is 29.8. The summed E-state index contributed by atoms with van der Waals surface area (Å²) in [4.78, 5) is 9.64. The molecule has 0 fully saturated rings. The summed E-state index contributed by atoms with van der Waals surface area (Å²) in [6.45, 7) is 0. The van der Waals surface area contributed by atoms with E-state index in [4.69, 9.17) is 0 Å². The Hall–Kier alpha value is -12.0. The van der Waals surface area contributed by atoms with Crippen molar-refractivity contribution in [2.75, 3.05) is 33.7 Å². The fourth-order valence-corrected chi connectivity index (χ4v) is 17.1. The zero-order chi connectivity index (χ0) is 62.2. The van der Waals surface area contributed by atoms with Crippen molar-refractivity contribution in [2.24, 2.45) is 0 Å². The highest BCUT2D eigenvalue weighted by Crippen LogP contribution is 2.61. The van der Waals surface area contributed by atoms with Crippen LogP contribution >= 0.6 is 0 Å². The number of nitrogens with zero attached hydrogens (tertiary/aromatic N) is 4. The predicted octanol–water partition coefficient (Wildman–Crippen LogP) is 23.2. The summed E-state index contributed by atoms with van der Waals surface area (Å²) in [7, 11) is 4.38. The lowest BCUT2D eigenvalue weighted by atomic mass is 9.67. The topological polar surface area (TPSA) is 13.0 Å². The molecular weight excluding hydrogens is 1140 g/mol. The van der Waals surface area contributed by atoms with E-state index in [9.17, 15) is 0 Å². The van der Waals surface area contributed by atoms with Crippen LogP contribution in [-0.2, 0) is 10.8 Å². The molecule has 19 rings (SSSR count). The standard InChI is InChI=1S/C90H62N4/c1-91-79-39-19-23-43-83(79)93(84-44-24-20-40-80(84)91)65-49-53-71-73(57-65)87(59-47-51-69-67-35-15-17-37-75(67)89(77(69)55-59,61-27-7-3-8-28-61)62-29-9-4-10-30-62)72-54-50-66(94-85-45-25-21-41-81(85)92(2)82-42-22-26-46-86(82)94)58-74(72)88(71)60-48-52-70-68-36-16-18-38-76(68)90(78(70)56-60,63-31-11-5-12-32-63)64-33-13-6-14-34-64/h3-58H,1-2H3. The molecule has 0 spiro atoms. The van der Waals surface area contributed by atoms with E-state index in [1.807, 2.05) is 0 Å². The van der Waals surface area contributed by atoms with Gasteiger partial charge in [0.1, 0.15) is 0 Å². The first kappa shape index (κ1) is 53.8. The van der Waals surface area contributed by atoms with E-state index < -0.39 is 10.8 Å². The van der Waals surface area contributed by atoms with Crippen LogP contribution in [0, 0.1) is 0 Å². The molecule has 94 heavy (non-hydrogen) atoms. The first-order valence-electron chi connectivity index (χ1n) is 32.7. The SMILES string of the molecule is CN1c2ccccc2N(c2ccc3c(-c4ccc5c(c4)C(c4ccccc4)(c4ccccc4)c4ccccc4-5)c4cc(N5c6ccccc6N(C)c6ccccc65)ccc4c(-c4ccc5c(c4)C(c4ccccc4)(c4ccccc4)c4ccccc4-5)c3c2)c2ccccc21. The summed E-state index contributed by atoms with van der Waals surface area (Å²) in [5, 5.41) is 4.66. The van der Waals surface area contributed by atoms with Gasteiger partial charge in [0, 0.05) is 25.5 Å². The summed E-state index contributed by atoms with van der Waals surface area (Å²) in [6, 6.07) is 128. The number of rotatable bonds is 8. The normalized spacial score (nSPS) is 14.1. The second-order valence-corrected chi connectivity index (χ2v) is 25.5. The highest BCUT2D eigenvalue weighted by atomic mass is 15.3. The number of fused-ring (bicyclic) bond motifs is 12. The van der Waals surface area contributed by atoms with Gasteiger partial charge in [-0.2, -0.15) is 0 Å². The number of hydrogen-bond acceptors (Lipinski definition) is 4. The predicted molar refractivity (Wildman–Crippen MR) is 392 cm³/mol. The van der Waals surface area contributed by atoms with E-state index in [0.29, 0.717) is 0 Å². The molecule has 0 saturated heterocycles. The first-order chi connectivity index (χ1) is 46.5. The number of hydrogen-bond donors (Lipinski definition) is 0. The third-order valence-electron chi connectivity index (χ3n) is 21.0. The summed E-state index contributed by atoms with van der Waals surface area (Å²) >= 11 is 0. The Kier molecular flexibility index (Phi) is 11.9. The Bertz CT molecular complexity index is 5040. The summed E-state index contributed by atoms with van der Waals surface area (Å²) in [6.07, 6.45) is 0. The highest BCUT2D eigenvalue weighted by Gasteiger charge is 2.48. The first-order valence-corrected chi connectivity index (χ1v) is 32.7. The van der Waals surface area contributed by atoms with E-state index in [-0.39, 0.29) is 0 Å². The van der Waals surface area contributed by atoms with E-state index in [1.54, 1.807) is 0 Å². The van der Waals surface area contributed by atoms with Gasteiger partial charge in [0.05, 0.1) is 56.3 Å². The molecule has 2 aliphatic heterocycles. The Morgan fingerprint density at radius 3 is 0.819 bits per heavy atom. The Morgan fingerprint density at radius 1 is 0.213 bits per heavy atom. The van der Waals surface area contributed by atoms with Crippen LogP contribution in [0.1, 0.15) is 44.5 Å². The van der Waals surface area contributed by atoms with Gasteiger partial charge in [-0.3, -0.25) is 0 Å². The summed E-state index contributed by atoms with van der Waals surface area (Å²) < 4.78 is 0. The van der Waals surface area contributed by atoms with Gasteiger partial charge >= 0.3 is 0 Å². The molecule has 2 aliphatic carbocycles. The fraction of sp³-hybridized carbons (Fsp3) is 0.0444. The Morgan fingerprint density at radius 2 is 0.489 bits per heavy atom. The van der Waals surface area contributed by atoms with E-state index in [0.717, 1.165) is 68.0 Å². The van der Waals surface area contributed by atoms with Crippen LogP contribution in [0.15, 0.2) is 340 Å². The van der Waals surface area contributed by atoms with Crippen molar-refractivity contribution in [3.05, 3.63) is 384 Å². The number of benzene rings is 15. The Labute approximate surface area is 548 Å². The average Bonchev–Trinajstić information content (AvgIpc) is 1.46. The quantitative estimate of drug-likeness (QED) is 0.141. The van der Waals surface area contributed by atoms with Crippen molar-refractivity contribution in [3.63, 3.8) is 0 Å². The van der Waals surface area contributed by atoms with Crippen molar-refractivity contribution in [2.45, 2.75) is 10.8 Å². The van der Waals surface area contributed by atoms with Crippen LogP contribution < -0.4 is 19.6 Å². The maximum atomic E-state index is 2.57. The van der Waals surface area contributed by atoms with Crippen molar-refractivity contribution >= 4 is 78.4 Å². The molecule has 4 heteroatoms. The van der Waals surface area contributed by atoms with Crippen molar-refractivity contribution < 1.29 is 0 Å². The lowest BCUT2D eigenvalue weighted by Gasteiger charge is -2.39. The van der Waals surface area contributed by atoms with E-state index >= 15 is 0 Å². The maximum absolute atomic E-state index is 2.57. The van der Waals surface area contributed by atoms with E-state index in [1.165, 1.54) is 99.4 Å². The van der Waals surface area contributed by atoms with Crippen LogP contribution in [0.4, 0.5) is 56.9 Å². The fourth-order valence-electron chi connectivity index (χ4n) is 17.1. The molecular formula is C90H62N4. The van der Waals surface area contributed by atoms with Gasteiger partial charge in [0.25, 0.3) is 0 Å². The van der Waals surface area contributed by atoms with Gasteiger partial charge in [-0.25, -0.2) is 0 Å². The smallest absolute Gasteiger partial charge is 0.0713 e. The molecule has 0 unspecified atom stereocenters. The third kappa shape index (κ3) is 7.51. The minimum absolute atomic E-state index is 0.615. The number of anilines is 10. The van der Waals surface area contributed by atoms with E-state index in [2.05, 4.69) is 373 Å². The molecule has 4 aliphatic rings. The monoisotopic (exact) mass is 1200 g/mol. The lowest BCUT2D eigenvalue weighted by Crippen LogP contribution is -2.28. The van der Waals surface area contributed by atoms with Gasteiger partial charge < -0.3 is 19.6 Å². The third-order valence-corrected chi connectivity index (χ3v) is 21.0. The van der Waals surface area contributed by atoms with Crippen LogP contribution in [0.25, 0.3) is 66.1 Å². The van der Waals surface area contributed by atoms with Gasteiger partial charge in [0.15, 0.2) is 0 Å². The molecule has 0 radical (unpaired) electrons. The minimum atomic E-state index is -0.615. The van der Waals surface area contributed by atoms with Crippen LogP contribution in [0.2, 0.25) is 0 Å². The molecule has 2 heterocycles. The molecule has 0 bridgehead atoms. The van der Waals surface area contributed by atoms with Gasteiger partial charge in [0.2, 0.25) is 0 Å². The highest BCUT2D eigenvalue weighted by molar-refractivity contribution is 6.23. The molecule has 0 atom stereocenters. The lowest BCUT2D eigenvalue weighted by molar-refractivity contribution is 0.769. The molecule has 15 aromatic carbocycles. The summed E-state index contributed by atoms with van der Waals surface area (Å²) in [5.74, 6) is 0. The molecule has 0 amide bonds. The van der Waals surface area contributed by atoms with Crippen LogP contribution in [0.3, 0.4) is 0 Å². The maximum Gasteiger partial charge on any atom is 0.0713 e. The van der Waals surface area contributed by atoms with Gasteiger partial charge in [-0.1, -0.05) is 255 Å². The van der Waals surface area contributed by atoms with Gasteiger partial charge in [-0.15, -0.1) is 0 Å². The molecule has 0 aromatic heterocycles. The Balaban J connectivity index is 0.960. The minimum Gasteiger partial charge on any atom is -0.341 e. The molecule has 442 valence electrons. The van der Waals surface area contributed by atoms with Crippen molar-refractivity contribution in [1.29, 1.82) is 0 Å². The van der Waals surface area contributed by atoms with Crippen LogP contribution in [0.5, 0.6) is 0 Å².